The van der Waals surface area contributed by atoms with Crippen molar-refractivity contribution in [3.63, 3.8) is 0 Å². The Bertz CT molecular complexity index is 712. The van der Waals surface area contributed by atoms with E-state index < -0.39 is 31.6 Å². The maximum absolute atomic E-state index is 12.4. The van der Waals surface area contributed by atoms with E-state index in [2.05, 4.69) is 10.2 Å². The van der Waals surface area contributed by atoms with Gasteiger partial charge in [-0.15, -0.1) is 0 Å². The van der Waals surface area contributed by atoms with E-state index in [9.17, 15) is 14.4 Å². The molecule has 2 saturated heterocycles. The Morgan fingerprint density at radius 3 is 1.77 bits per heavy atom. The molecule has 1 spiro atoms. The topological polar surface area (TPSA) is 103 Å². The van der Waals surface area contributed by atoms with Crippen LogP contribution in [-0.2, 0) is 18.6 Å². The van der Waals surface area contributed by atoms with Crippen molar-refractivity contribution >= 4 is 25.8 Å². The summed E-state index contributed by atoms with van der Waals surface area (Å²) in [5.74, 6) is -0.950. The number of carbonyl (C=O) groups excluding carboxylic acids is 3. The van der Waals surface area contributed by atoms with Gasteiger partial charge in [-0.05, 0) is 0 Å². The van der Waals surface area contributed by atoms with Crippen molar-refractivity contribution in [1.29, 1.82) is 0 Å². The van der Waals surface area contributed by atoms with Crippen molar-refractivity contribution in [3.8, 4) is 5.75 Å². The van der Waals surface area contributed by atoms with E-state index in [4.69, 9.17) is 13.6 Å². The van der Waals surface area contributed by atoms with Crippen LogP contribution in [0.25, 0.3) is 0 Å². The molecule has 2 fully saturated rings. The minimum absolute atomic E-state index is 0.0939. The second-order valence-corrected chi connectivity index (χ2v) is 10.0. The molecule has 2 aliphatic rings. The van der Waals surface area contributed by atoms with E-state index in [1.54, 1.807) is 24.3 Å². The molecule has 2 N–H and O–H groups in total. The third-order valence-corrected chi connectivity index (χ3v) is 7.38. The van der Waals surface area contributed by atoms with Gasteiger partial charge in [-0.2, -0.15) is 0 Å². The Hall–Kier alpha value is -2.02. The number of nitrogens with one attached hydrogen (secondary N) is 2. The Labute approximate surface area is 151 Å². The number of carbonyl (C=O) groups is 3. The van der Waals surface area contributed by atoms with Crippen LogP contribution in [0.4, 0.5) is 0 Å². The Morgan fingerprint density at radius 2 is 1.42 bits per heavy atom. The van der Waals surface area contributed by atoms with Gasteiger partial charge in [0.15, 0.2) is 0 Å². The van der Waals surface area contributed by atoms with Gasteiger partial charge in [-0.25, -0.2) is 0 Å². The summed E-state index contributed by atoms with van der Waals surface area (Å²) in [7, 11) is -4.45. The van der Waals surface area contributed by atoms with Crippen molar-refractivity contribution < 1.29 is 28.0 Å². The molecule has 8 nitrogen and oxygen atoms in total. The van der Waals surface area contributed by atoms with Gasteiger partial charge in [-0.1, -0.05) is 0 Å². The SMILES string of the molecule is CC(C)[C@@H]1NP2(Oc3ccc(C=O)cc3)(N[C@@H](C(C)C)C(=O)O2)OC1=O. The van der Waals surface area contributed by atoms with Crippen LogP contribution in [0.2, 0.25) is 0 Å². The summed E-state index contributed by atoms with van der Waals surface area (Å²) in [6, 6.07) is 4.89. The van der Waals surface area contributed by atoms with Crippen LogP contribution in [0.3, 0.4) is 0 Å². The number of rotatable bonds is 5. The van der Waals surface area contributed by atoms with Gasteiger partial charge in [0.2, 0.25) is 0 Å². The first kappa shape index (κ1) is 18.8. The van der Waals surface area contributed by atoms with Crippen LogP contribution in [0.5, 0.6) is 5.75 Å². The molecule has 0 bridgehead atoms. The predicted molar refractivity (Wildman–Crippen MR) is 95.1 cm³/mol. The zero-order valence-electron chi connectivity index (χ0n) is 15.1. The fourth-order valence-corrected chi connectivity index (χ4v) is 6.57. The molecular weight excluding hydrogens is 359 g/mol. The van der Waals surface area contributed by atoms with Crippen molar-refractivity contribution in [3.05, 3.63) is 29.8 Å². The third kappa shape index (κ3) is 3.09. The second-order valence-electron chi connectivity index (χ2n) is 7.18. The first-order valence-electron chi connectivity index (χ1n) is 8.49. The molecule has 142 valence electrons. The number of aldehydes is 1. The molecule has 1 aromatic carbocycles. The van der Waals surface area contributed by atoms with Crippen molar-refractivity contribution in [1.82, 2.24) is 10.2 Å². The molecule has 0 saturated carbocycles. The van der Waals surface area contributed by atoms with Gasteiger partial charge in [-0.3, -0.25) is 0 Å². The molecule has 26 heavy (non-hydrogen) atoms. The molecular formula is C17H23N2O6P. The van der Waals surface area contributed by atoms with Crippen LogP contribution in [0, 0.1) is 11.8 Å². The molecule has 0 amide bonds. The van der Waals surface area contributed by atoms with Crippen molar-refractivity contribution in [2.75, 3.05) is 0 Å². The Kier molecular flexibility index (Phi) is 4.55. The predicted octanol–water partition coefficient (Wildman–Crippen LogP) is 2.35. The summed E-state index contributed by atoms with van der Waals surface area (Å²) in [5, 5.41) is 6.07. The number of benzene rings is 1. The van der Waals surface area contributed by atoms with Gasteiger partial charge >= 0.3 is 151 Å². The standard InChI is InChI=1S/C17H23N2O6P/c1-10(2)14-16(21)24-26(18-14,19-15(11(3)4)17(22)25-26)23-13-7-5-12(9-20)6-8-13/h5-11,14-15,18-19H,1-4H3/t14-,15-/m0/s1. The first-order valence-corrected chi connectivity index (χ1v) is 10.5. The molecule has 2 heterocycles. The summed E-state index contributed by atoms with van der Waals surface area (Å²) in [4.78, 5) is 35.7. The molecule has 0 aromatic heterocycles. The Balaban J connectivity index is 2.01. The van der Waals surface area contributed by atoms with Crippen LogP contribution >= 0.6 is 7.59 Å². The van der Waals surface area contributed by atoms with Crippen LogP contribution in [0.1, 0.15) is 38.1 Å². The fraction of sp³-hybridized carbons (Fsp3) is 0.471. The molecule has 0 radical (unpaired) electrons. The summed E-state index contributed by atoms with van der Waals surface area (Å²) < 4.78 is 17.3. The van der Waals surface area contributed by atoms with Crippen LogP contribution in [0.15, 0.2) is 24.3 Å². The van der Waals surface area contributed by atoms with Gasteiger partial charge in [0.1, 0.15) is 0 Å². The van der Waals surface area contributed by atoms with Gasteiger partial charge < -0.3 is 0 Å². The van der Waals surface area contributed by atoms with E-state index in [1.165, 1.54) is 0 Å². The maximum atomic E-state index is 12.4. The number of hydrogen-bond donors (Lipinski definition) is 2. The second kappa shape index (κ2) is 6.30. The van der Waals surface area contributed by atoms with Crippen LogP contribution in [-0.4, -0.2) is 30.3 Å². The Morgan fingerprint density at radius 1 is 0.962 bits per heavy atom. The quantitative estimate of drug-likeness (QED) is 0.591. The zero-order valence-corrected chi connectivity index (χ0v) is 16.0. The van der Waals surface area contributed by atoms with Crippen LogP contribution < -0.4 is 14.7 Å². The van der Waals surface area contributed by atoms with E-state index in [1.807, 2.05) is 27.7 Å². The molecule has 3 rings (SSSR count). The molecule has 2 atom stereocenters. The summed E-state index contributed by atoms with van der Waals surface area (Å²) in [6.45, 7) is 7.42. The van der Waals surface area contributed by atoms with Gasteiger partial charge in [0.05, 0.1) is 0 Å². The summed E-state index contributed by atoms with van der Waals surface area (Å²) in [6.07, 6.45) is 0.708. The van der Waals surface area contributed by atoms with E-state index in [0.29, 0.717) is 17.6 Å². The van der Waals surface area contributed by atoms with Gasteiger partial charge in [0, 0.05) is 0 Å². The fourth-order valence-electron chi connectivity index (χ4n) is 2.92. The third-order valence-electron chi connectivity index (χ3n) is 4.36. The summed E-state index contributed by atoms with van der Waals surface area (Å²) >= 11 is 0. The van der Waals surface area contributed by atoms with Crippen molar-refractivity contribution in [2.45, 2.75) is 39.8 Å². The van der Waals surface area contributed by atoms with Crippen molar-refractivity contribution in [2.24, 2.45) is 11.8 Å². The zero-order chi connectivity index (χ0) is 19.1. The average Bonchev–Trinajstić information content (AvgIpc) is 3.02. The molecule has 0 unspecified atom stereocenters. The summed E-state index contributed by atoms with van der Waals surface area (Å²) in [5.41, 5.74) is 0.470. The normalized spacial score (nSPS) is 27.8. The molecule has 9 heteroatoms. The molecule has 1 aromatic rings. The first-order chi connectivity index (χ1) is 12.2. The van der Waals surface area contributed by atoms with E-state index in [-0.39, 0.29) is 11.8 Å². The average molecular weight is 382 g/mol. The minimum atomic E-state index is -4.45. The van der Waals surface area contributed by atoms with E-state index in [0.717, 1.165) is 0 Å². The molecule has 2 aliphatic heterocycles. The van der Waals surface area contributed by atoms with Gasteiger partial charge in [0.25, 0.3) is 0 Å². The monoisotopic (exact) mass is 382 g/mol. The van der Waals surface area contributed by atoms with E-state index >= 15 is 0 Å². The molecule has 0 aliphatic carbocycles. The number of hydrogen-bond acceptors (Lipinski definition) is 8.